The van der Waals surface area contributed by atoms with Crippen molar-refractivity contribution in [3.05, 3.63) is 29.8 Å². The molecule has 2 aliphatic rings. The van der Waals surface area contributed by atoms with E-state index in [1.165, 1.54) is 5.56 Å². The Balaban J connectivity index is 2.01. The summed E-state index contributed by atoms with van der Waals surface area (Å²) in [4.78, 5) is 14.6. The van der Waals surface area contributed by atoms with Crippen LogP contribution in [-0.4, -0.2) is 43.5 Å². The van der Waals surface area contributed by atoms with Crippen molar-refractivity contribution in [2.45, 2.75) is 51.2 Å². The summed E-state index contributed by atoms with van der Waals surface area (Å²) in [6.07, 6.45) is 0. The molecule has 2 heterocycles. The summed E-state index contributed by atoms with van der Waals surface area (Å²) in [6.45, 7) is 7.86. The first-order valence-corrected chi connectivity index (χ1v) is 9.84. The minimum Gasteiger partial charge on any atom is -0.305 e. The number of hydrogen-bond donors (Lipinski definition) is 1. The fourth-order valence-electron chi connectivity index (χ4n) is 3.53. The van der Waals surface area contributed by atoms with Crippen molar-refractivity contribution in [1.82, 2.24) is 5.32 Å². The largest absolute Gasteiger partial charge is 0.305 e. The van der Waals surface area contributed by atoms with Gasteiger partial charge in [-0.05, 0) is 37.5 Å². The van der Waals surface area contributed by atoms with Gasteiger partial charge >= 0.3 is 0 Å². The van der Waals surface area contributed by atoms with Crippen molar-refractivity contribution in [3.8, 4) is 0 Å². The predicted octanol–water partition coefficient (Wildman–Crippen LogP) is 1.69. The smallest absolute Gasteiger partial charge is 0.247 e. The van der Waals surface area contributed by atoms with Crippen molar-refractivity contribution in [2.75, 3.05) is 16.4 Å². The highest BCUT2D eigenvalue weighted by atomic mass is 32.2. The molecule has 0 saturated carbocycles. The lowest BCUT2D eigenvalue weighted by molar-refractivity contribution is -0.126. The topological polar surface area (TPSA) is 66.5 Å². The van der Waals surface area contributed by atoms with Gasteiger partial charge in [-0.2, -0.15) is 0 Å². The summed E-state index contributed by atoms with van der Waals surface area (Å²) in [6, 6.07) is 7.34. The Kier molecular flexibility index (Phi) is 3.80. The maximum absolute atomic E-state index is 12.9. The quantitative estimate of drug-likeness (QED) is 0.892. The maximum atomic E-state index is 12.9. The minimum absolute atomic E-state index is 0.0262. The van der Waals surface area contributed by atoms with Crippen LogP contribution in [0.3, 0.4) is 0 Å². The molecule has 2 fully saturated rings. The molecule has 1 amide bonds. The first kappa shape index (κ1) is 16.5. The van der Waals surface area contributed by atoms with E-state index in [0.29, 0.717) is 5.92 Å². The number of sulfone groups is 1. The Morgan fingerprint density at radius 3 is 2.35 bits per heavy atom. The molecule has 5 nitrogen and oxygen atoms in total. The predicted molar refractivity (Wildman–Crippen MR) is 91.5 cm³/mol. The Labute approximate surface area is 138 Å². The van der Waals surface area contributed by atoms with Gasteiger partial charge in [-0.1, -0.05) is 26.0 Å². The first-order chi connectivity index (χ1) is 10.6. The second-order valence-corrected chi connectivity index (χ2v) is 9.60. The first-order valence-electron chi connectivity index (χ1n) is 8.02. The third-order valence-corrected chi connectivity index (χ3v) is 6.51. The van der Waals surface area contributed by atoms with E-state index in [9.17, 15) is 13.2 Å². The molecule has 1 N–H and O–H groups in total. The lowest BCUT2D eigenvalue weighted by atomic mass is 9.92. The average molecular weight is 336 g/mol. The van der Waals surface area contributed by atoms with Crippen molar-refractivity contribution in [2.24, 2.45) is 0 Å². The van der Waals surface area contributed by atoms with Gasteiger partial charge in [0.2, 0.25) is 5.91 Å². The monoisotopic (exact) mass is 336 g/mol. The van der Waals surface area contributed by atoms with Crippen molar-refractivity contribution < 1.29 is 13.2 Å². The number of fused-ring (bicyclic) bond motifs is 1. The number of anilines is 1. The van der Waals surface area contributed by atoms with Crippen molar-refractivity contribution in [3.63, 3.8) is 0 Å². The molecule has 2 saturated heterocycles. The number of rotatable bonds is 2. The van der Waals surface area contributed by atoms with Gasteiger partial charge in [0.1, 0.15) is 0 Å². The number of piperazine rings is 1. The molecule has 3 rings (SSSR count). The van der Waals surface area contributed by atoms with E-state index in [0.717, 1.165) is 5.69 Å². The summed E-state index contributed by atoms with van der Waals surface area (Å²) < 4.78 is 24.1. The van der Waals surface area contributed by atoms with Gasteiger partial charge in [0.05, 0.1) is 23.1 Å². The molecule has 0 aromatic heterocycles. The fourth-order valence-corrected chi connectivity index (χ4v) is 5.42. The number of nitrogens with zero attached hydrogens (tertiary/aromatic N) is 1. The van der Waals surface area contributed by atoms with Crippen LogP contribution in [0.25, 0.3) is 0 Å². The Morgan fingerprint density at radius 2 is 1.78 bits per heavy atom. The molecule has 0 aliphatic carbocycles. The van der Waals surface area contributed by atoms with E-state index in [-0.39, 0.29) is 29.5 Å². The summed E-state index contributed by atoms with van der Waals surface area (Å²) in [5.74, 6) is 0.458. The fraction of sp³-hybridized carbons (Fsp3) is 0.588. The van der Waals surface area contributed by atoms with Crippen LogP contribution in [0.2, 0.25) is 0 Å². The Bertz CT molecular complexity index is 723. The number of carbonyl (C=O) groups excluding carboxylic acids is 1. The number of nitrogens with one attached hydrogen (secondary N) is 1. The van der Waals surface area contributed by atoms with Crippen LogP contribution >= 0.6 is 0 Å². The number of amides is 1. The van der Waals surface area contributed by atoms with Crippen LogP contribution in [0, 0.1) is 0 Å². The lowest BCUT2D eigenvalue weighted by Gasteiger charge is -2.45. The zero-order valence-electron chi connectivity index (χ0n) is 14.0. The second kappa shape index (κ2) is 5.31. The van der Waals surface area contributed by atoms with E-state index in [2.05, 4.69) is 19.2 Å². The molecule has 23 heavy (non-hydrogen) atoms. The minimum atomic E-state index is -3.12. The summed E-state index contributed by atoms with van der Waals surface area (Å²) in [7, 11) is -3.12. The molecule has 1 aromatic carbocycles. The van der Waals surface area contributed by atoms with E-state index in [1.54, 1.807) is 4.90 Å². The second-order valence-electron chi connectivity index (χ2n) is 7.44. The molecular formula is C17H24N2O3S. The molecule has 0 radical (unpaired) electrons. The molecule has 0 bridgehead atoms. The van der Waals surface area contributed by atoms with E-state index in [4.69, 9.17) is 0 Å². The van der Waals surface area contributed by atoms with Crippen LogP contribution in [-0.2, 0) is 14.6 Å². The van der Waals surface area contributed by atoms with Crippen LogP contribution in [0.5, 0.6) is 0 Å². The van der Waals surface area contributed by atoms with Gasteiger partial charge in [-0.3, -0.25) is 10.1 Å². The molecule has 1 aromatic rings. The number of hydrogen-bond acceptors (Lipinski definition) is 4. The maximum Gasteiger partial charge on any atom is 0.247 e. The van der Waals surface area contributed by atoms with E-state index in [1.807, 2.05) is 38.1 Å². The summed E-state index contributed by atoms with van der Waals surface area (Å²) in [5.41, 5.74) is 1.21. The molecular weight excluding hydrogens is 312 g/mol. The van der Waals surface area contributed by atoms with Gasteiger partial charge in [-0.15, -0.1) is 0 Å². The average Bonchev–Trinajstić information content (AvgIpc) is 2.73. The summed E-state index contributed by atoms with van der Waals surface area (Å²) >= 11 is 0. The third-order valence-electron chi connectivity index (χ3n) is 4.79. The number of carbonyl (C=O) groups is 1. The lowest BCUT2D eigenvalue weighted by Crippen LogP contribution is -2.69. The normalized spacial score (nSPS) is 28.9. The van der Waals surface area contributed by atoms with Crippen LogP contribution in [0.15, 0.2) is 24.3 Å². The molecule has 6 heteroatoms. The van der Waals surface area contributed by atoms with E-state index >= 15 is 0 Å². The summed E-state index contributed by atoms with van der Waals surface area (Å²) in [5, 5.41) is 3.22. The van der Waals surface area contributed by atoms with Gasteiger partial charge in [0.15, 0.2) is 9.84 Å². The molecule has 0 unspecified atom stereocenters. The van der Waals surface area contributed by atoms with Crippen molar-refractivity contribution >= 4 is 21.4 Å². The zero-order valence-corrected chi connectivity index (χ0v) is 14.9. The van der Waals surface area contributed by atoms with Crippen LogP contribution in [0.4, 0.5) is 5.69 Å². The Hall–Kier alpha value is -1.40. The number of benzene rings is 1. The van der Waals surface area contributed by atoms with Gasteiger partial charge in [0.25, 0.3) is 0 Å². The highest BCUT2D eigenvalue weighted by Crippen LogP contribution is 2.33. The van der Waals surface area contributed by atoms with E-state index < -0.39 is 15.4 Å². The molecule has 2 atom stereocenters. The van der Waals surface area contributed by atoms with Crippen LogP contribution < -0.4 is 10.2 Å². The highest BCUT2D eigenvalue weighted by molar-refractivity contribution is 7.91. The van der Waals surface area contributed by atoms with Gasteiger partial charge in [0, 0.05) is 11.7 Å². The van der Waals surface area contributed by atoms with Crippen LogP contribution in [0.1, 0.15) is 39.2 Å². The molecule has 0 spiro atoms. The Morgan fingerprint density at radius 1 is 1.17 bits per heavy atom. The highest BCUT2D eigenvalue weighted by Gasteiger charge is 2.52. The SMILES string of the molecule is CC(C)c1ccc(N2C(=O)C(C)(C)N[C@@H]3CS(=O)(=O)C[C@@H]32)cc1. The van der Waals surface area contributed by atoms with Gasteiger partial charge < -0.3 is 4.90 Å². The molecule has 2 aliphatic heterocycles. The van der Waals surface area contributed by atoms with Crippen molar-refractivity contribution in [1.29, 1.82) is 0 Å². The van der Waals surface area contributed by atoms with Gasteiger partial charge in [-0.25, -0.2) is 8.42 Å². The standard InChI is InChI=1S/C17H24N2O3S/c1-11(2)12-5-7-13(8-6-12)19-15-10-23(21,22)9-14(15)18-17(3,4)16(19)20/h5-8,11,14-15,18H,9-10H2,1-4H3/t14-,15+/m1/s1. The third kappa shape index (κ3) is 2.90. The molecule has 126 valence electrons. The zero-order chi connectivity index (χ0) is 17.0.